The predicted molar refractivity (Wildman–Crippen MR) is 39.5 cm³/mol. The quantitative estimate of drug-likeness (QED) is 0.640. The van der Waals surface area contributed by atoms with Crippen molar-refractivity contribution in [1.82, 2.24) is 0 Å². The topological polar surface area (TPSA) is 55.8 Å². The number of carbonyl (C=O) groups is 1. The Balaban J connectivity index is 3.63. The van der Waals surface area contributed by atoms with Crippen molar-refractivity contribution >= 4 is 5.97 Å². The minimum atomic E-state index is -0.964. The van der Waals surface area contributed by atoms with Crippen LogP contribution in [-0.4, -0.2) is 37.0 Å². The maximum atomic E-state index is 10.1. The Morgan fingerprint density at radius 3 is 2.45 bits per heavy atom. The minimum absolute atomic E-state index is 0.281. The number of rotatable bonds is 5. The summed E-state index contributed by atoms with van der Waals surface area (Å²) in [5.74, 6) is -0.964. The highest BCUT2D eigenvalue weighted by atomic mass is 16.5. The number of carboxylic acids is 1. The van der Waals surface area contributed by atoms with Crippen LogP contribution in [0, 0.1) is 0 Å². The van der Waals surface area contributed by atoms with Crippen LogP contribution >= 0.6 is 0 Å². The molecule has 66 valence electrons. The van der Waals surface area contributed by atoms with E-state index in [1.807, 2.05) is 0 Å². The van der Waals surface area contributed by atoms with Crippen molar-refractivity contribution in [3.05, 3.63) is 0 Å². The highest BCUT2D eigenvalue weighted by molar-refractivity contribution is 5.68. The second-order valence-corrected chi connectivity index (χ2v) is 2.88. The van der Waals surface area contributed by atoms with Gasteiger partial charge in [-0.15, -0.1) is 0 Å². The molecule has 0 aliphatic heterocycles. The number of hydrogen-bond donors (Lipinski definition) is 1. The van der Waals surface area contributed by atoms with Crippen LogP contribution in [0.3, 0.4) is 0 Å². The summed E-state index contributed by atoms with van der Waals surface area (Å²) in [6.07, 6.45) is 0. The Kier molecular flexibility index (Phi) is 4.07. The van der Waals surface area contributed by atoms with E-state index in [9.17, 15) is 4.79 Å². The van der Waals surface area contributed by atoms with Gasteiger partial charge < -0.3 is 14.6 Å². The lowest BCUT2D eigenvalue weighted by atomic mass is 10.1. The number of methoxy groups -OCH3 is 1. The van der Waals surface area contributed by atoms with E-state index >= 15 is 0 Å². The molecule has 0 radical (unpaired) electrons. The molecule has 0 aliphatic carbocycles. The summed E-state index contributed by atoms with van der Waals surface area (Å²) in [5.41, 5.74) is -0.521. The lowest BCUT2D eigenvalue weighted by molar-refractivity contribution is -0.150. The Labute approximate surface area is 66.1 Å². The van der Waals surface area contributed by atoms with E-state index in [-0.39, 0.29) is 6.61 Å². The molecular weight excluding hydrogens is 148 g/mol. The molecule has 1 N–H and O–H groups in total. The van der Waals surface area contributed by atoms with Gasteiger partial charge in [-0.1, -0.05) is 0 Å². The van der Waals surface area contributed by atoms with Crippen molar-refractivity contribution < 1.29 is 19.4 Å². The van der Waals surface area contributed by atoms with E-state index in [4.69, 9.17) is 14.6 Å². The molecule has 0 spiro atoms. The average Bonchev–Trinajstić information content (AvgIpc) is 1.84. The molecule has 0 aliphatic rings. The lowest BCUT2D eigenvalue weighted by Crippen LogP contribution is -2.32. The fourth-order valence-corrected chi connectivity index (χ4v) is 0.646. The molecule has 0 bridgehead atoms. The molecule has 11 heavy (non-hydrogen) atoms. The Bertz CT molecular complexity index is 130. The van der Waals surface area contributed by atoms with Crippen LogP contribution in [0.1, 0.15) is 13.8 Å². The van der Waals surface area contributed by atoms with Crippen molar-refractivity contribution in [2.75, 3.05) is 20.3 Å². The first-order valence-corrected chi connectivity index (χ1v) is 3.32. The van der Waals surface area contributed by atoms with Gasteiger partial charge in [0.15, 0.2) is 0 Å². The fourth-order valence-electron chi connectivity index (χ4n) is 0.646. The fraction of sp³-hybridized carbons (Fsp3) is 0.857. The predicted octanol–water partition coefficient (Wildman–Crippen LogP) is 0.513. The van der Waals surface area contributed by atoms with Crippen LogP contribution in [0.5, 0.6) is 0 Å². The molecule has 0 fully saturated rings. The molecule has 0 atom stereocenters. The van der Waals surface area contributed by atoms with Gasteiger partial charge in [-0.05, 0) is 13.8 Å². The molecule has 0 amide bonds. The van der Waals surface area contributed by atoms with E-state index in [0.29, 0.717) is 6.61 Å². The summed E-state index contributed by atoms with van der Waals surface area (Å²) in [6.45, 7) is 3.66. The standard InChI is InChI=1S/C7H14O4/c1-7(2,5-10-3)11-4-6(8)9/h4-5H2,1-3H3,(H,8,9). The van der Waals surface area contributed by atoms with Gasteiger partial charge in [-0.3, -0.25) is 0 Å². The summed E-state index contributed by atoms with van der Waals surface area (Å²) in [6, 6.07) is 0. The summed E-state index contributed by atoms with van der Waals surface area (Å²) < 4.78 is 9.83. The van der Waals surface area contributed by atoms with Crippen molar-refractivity contribution in [2.24, 2.45) is 0 Å². The first kappa shape index (κ1) is 10.4. The molecule has 0 aromatic rings. The zero-order chi connectivity index (χ0) is 8.91. The second kappa shape index (κ2) is 4.31. The molecule has 0 heterocycles. The summed E-state index contributed by atoms with van der Waals surface area (Å²) >= 11 is 0. The normalized spacial score (nSPS) is 11.5. The monoisotopic (exact) mass is 162 g/mol. The van der Waals surface area contributed by atoms with E-state index < -0.39 is 11.6 Å². The van der Waals surface area contributed by atoms with Gasteiger partial charge in [-0.2, -0.15) is 0 Å². The van der Waals surface area contributed by atoms with Crippen molar-refractivity contribution in [2.45, 2.75) is 19.4 Å². The number of carboxylic acid groups (broad SMARTS) is 1. The molecule has 0 saturated carbocycles. The molecule has 0 aromatic heterocycles. The van der Waals surface area contributed by atoms with E-state index in [0.717, 1.165) is 0 Å². The van der Waals surface area contributed by atoms with Gasteiger partial charge in [0.1, 0.15) is 6.61 Å². The van der Waals surface area contributed by atoms with Crippen LogP contribution in [0.15, 0.2) is 0 Å². The smallest absolute Gasteiger partial charge is 0.329 e. The van der Waals surface area contributed by atoms with E-state index in [1.165, 1.54) is 0 Å². The molecule has 4 nitrogen and oxygen atoms in total. The molecule has 0 unspecified atom stereocenters. The van der Waals surface area contributed by atoms with E-state index in [1.54, 1.807) is 21.0 Å². The maximum absolute atomic E-state index is 10.1. The Morgan fingerprint density at radius 2 is 2.09 bits per heavy atom. The largest absolute Gasteiger partial charge is 0.480 e. The van der Waals surface area contributed by atoms with Gasteiger partial charge in [0.2, 0.25) is 0 Å². The highest BCUT2D eigenvalue weighted by Crippen LogP contribution is 2.08. The first-order chi connectivity index (χ1) is 4.98. The third kappa shape index (κ3) is 5.82. The minimum Gasteiger partial charge on any atom is -0.480 e. The van der Waals surface area contributed by atoms with Crippen LogP contribution in [0.2, 0.25) is 0 Å². The number of hydrogen-bond acceptors (Lipinski definition) is 3. The third-order valence-corrected chi connectivity index (χ3v) is 1.08. The zero-order valence-corrected chi connectivity index (χ0v) is 7.09. The average molecular weight is 162 g/mol. The van der Waals surface area contributed by atoms with Gasteiger partial charge in [-0.25, -0.2) is 4.79 Å². The maximum Gasteiger partial charge on any atom is 0.329 e. The first-order valence-electron chi connectivity index (χ1n) is 3.32. The van der Waals surface area contributed by atoms with Crippen LogP contribution < -0.4 is 0 Å². The molecule has 0 rings (SSSR count). The van der Waals surface area contributed by atoms with Gasteiger partial charge in [0.05, 0.1) is 12.2 Å². The zero-order valence-electron chi connectivity index (χ0n) is 7.09. The number of ether oxygens (including phenoxy) is 2. The Hall–Kier alpha value is -0.610. The summed E-state index contributed by atoms with van der Waals surface area (Å²) in [4.78, 5) is 10.1. The number of aliphatic carboxylic acids is 1. The molecular formula is C7H14O4. The molecule has 0 aromatic carbocycles. The Morgan fingerprint density at radius 1 is 1.55 bits per heavy atom. The SMILES string of the molecule is COCC(C)(C)OCC(=O)O. The van der Waals surface area contributed by atoms with Crippen molar-refractivity contribution in [1.29, 1.82) is 0 Å². The van der Waals surface area contributed by atoms with Crippen LogP contribution in [0.4, 0.5) is 0 Å². The van der Waals surface area contributed by atoms with Gasteiger partial charge in [0, 0.05) is 7.11 Å². The van der Waals surface area contributed by atoms with Crippen molar-refractivity contribution in [3.8, 4) is 0 Å². The van der Waals surface area contributed by atoms with Gasteiger partial charge in [0.25, 0.3) is 0 Å². The lowest BCUT2D eigenvalue weighted by Gasteiger charge is -2.22. The summed E-state index contributed by atoms with van der Waals surface area (Å²) in [5, 5.41) is 8.28. The van der Waals surface area contributed by atoms with Crippen LogP contribution in [-0.2, 0) is 14.3 Å². The third-order valence-electron chi connectivity index (χ3n) is 1.08. The van der Waals surface area contributed by atoms with E-state index in [2.05, 4.69) is 0 Å². The van der Waals surface area contributed by atoms with Crippen molar-refractivity contribution in [3.63, 3.8) is 0 Å². The molecule has 4 heteroatoms. The van der Waals surface area contributed by atoms with Crippen LogP contribution in [0.25, 0.3) is 0 Å². The summed E-state index contributed by atoms with van der Waals surface area (Å²) in [7, 11) is 1.55. The second-order valence-electron chi connectivity index (χ2n) is 2.88. The van der Waals surface area contributed by atoms with Gasteiger partial charge >= 0.3 is 5.97 Å². The highest BCUT2D eigenvalue weighted by Gasteiger charge is 2.18. The molecule has 0 saturated heterocycles.